The third-order valence-corrected chi connectivity index (χ3v) is 4.89. The van der Waals surface area contributed by atoms with Gasteiger partial charge in [0.2, 0.25) is 0 Å². The predicted octanol–water partition coefficient (Wildman–Crippen LogP) is 5.51. The Morgan fingerprint density at radius 1 is 0.786 bits per heavy atom. The highest BCUT2D eigenvalue weighted by Crippen LogP contribution is 2.19. The summed E-state index contributed by atoms with van der Waals surface area (Å²) in [5.74, 6) is 0. The van der Waals surface area contributed by atoms with Crippen molar-refractivity contribution in [2.24, 2.45) is 0 Å². The average molecular weight is 391 g/mol. The second-order valence-electron chi connectivity index (χ2n) is 6.82. The number of anilines is 1. The Bertz CT molecular complexity index is 905. The van der Waals surface area contributed by atoms with E-state index in [1.807, 2.05) is 30.3 Å². The van der Waals surface area contributed by atoms with E-state index in [9.17, 15) is 0 Å². The van der Waals surface area contributed by atoms with E-state index in [0.29, 0.717) is 24.9 Å². The quantitative estimate of drug-likeness (QED) is 0.522. The number of ether oxygens (including phenoxy) is 1. The Hall–Kier alpha value is -2.69. The summed E-state index contributed by atoms with van der Waals surface area (Å²) in [4.78, 5) is 0. The molecule has 3 aromatic carbocycles. The Kier molecular flexibility index (Phi) is 7.18. The third kappa shape index (κ3) is 5.65. The number of hydrogen-bond donors (Lipinski definition) is 2. The van der Waals surface area contributed by atoms with Crippen molar-refractivity contribution in [1.29, 1.82) is 0 Å². The molecule has 0 aliphatic heterocycles. The number of nitrogens with one attached hydrogen (secondary N) is 2. The van der Waals surface area contributed by atoms with E-state index in [1.165, 1.54) is 27.8 Å². The maximum Gasteiger partial charge on any atom is 0.171 e. The highest BCUT2D eigenvalue weighted by molar-refractivity contribution is 7.80. The number of aryl methyl sites for hydroxylation is 2. The third-order valence-electron chi connectivity index (χ3n) is 4.65. The standard InChI is InChI=1S/C24H26N2OS/c1-18-9-8-10-19(2)23(18)26-24(28)25-15-21-13-6-7-14-22(21)17-27-16-20-11-4-3-5-12-20/h3-14H,15-17H2,1-2H3,(H2,25,26,28). The van der Waals surface area contributed by atoms with Gasteiger partial charge in [0.25, 0.3) is 0 Å². The maximum atomic E-state index is 5.90. The van der Waals surface area contributed by atoms with Crippen molar-refractivity contribution >= 4 is 23.0 Å². The number of benzene rings is 3. The summed E-state index contributed by atoms with van der Waals surface area (Å²) in [6.07, 6.45) is 0. The van der Waals surface area contributed by atoms with E-state index in [-0.39, 0.29) is 0 Å². The van der Waals surface area contributed by atoms with Crippen molar-refractivity contribution in [1.82, 2.24) is 5.32 Å². The van der Waals surface area contributed by atoms with Crippen LogP contribution in [0.15, 0.2) is 72.8 Å². The van der Waals surface area contributed by atoms with Gasteiger partial charge in [-0.25, -0.2) is 0 Å². The molecule has 3 nitrogen and oxygen atoms in total. The molecule has 0 saturated carbocycles. The maximum absolute atomic E-state index is 5.90. The molecular weight excluding hydrogens is 364 g/mol. The summed E-state index contributed by atoms with van der Waals surface area (Å²) in [7, 11) is 0. The van der Waals surface area contributed by atoms with Gasteiger partial charge in [-0.3, -0.25) is 0 Å². The first-order valence-corrected chi connectivity index (χ1v) is 9.84. The van der Waals surface area contributed by atoms with Crippen molar-refractivity contribution in [2.75, 3.05) is 5.32 Å². The predicted molar refractivity (Wildman–Crippen MR) is 120 cm³/mol. The van der Waals surface area contributed by atoms with Crippen LogP contribution in [0.3, 0.4) is 0 Å². The molecule has 144 valence electrons. The molecule has 0 atom stereocenters. The van der Waals surface area contributed by atoms with E-state index in [0.717, 1.165) is 5.69 Å². The molecule has 3 rings (SSSR count). The molecule has 3 aromatic rings. The monoisotopic (exact) mass is 390 g/mol. The Balaban J connectivity index is 1.55. The van der Waals surface area contributed by atoms with Gasteiger partial charge in [-0.15, -0.1) is 0 Å². The summed E-state index contributed by atoms with van der Waals surface area (Å²) in [6.45, 7) is 6.00. The van der Waals surface area contributed by atoms with Crippen LogP contribution in [-0.2, 0) is 24.5 Å². The van der Waals surface area contributed by atoms with Gasteiger partial charge in [-0.2, -0.15) is 0 Å². The SMILES string of the molecule is Cc1cccc(C)c1NC(=S)NCc1ccccc1COCc1ccccc1. The molecule has 2 N–H and O–H groups in total. The van der Waals surface area contributed by atoms with Crippen LogP contribution >= 0.6 is 12.2 Å². The van der Waals surface area contributed by atoms with E-state index >= 15 is 0 Å². The van der Waals surface area contributed by atoms with Gasteiger partial charge in [0.1, 0.15) is 0 Å². The van der Waals surface area contributed by atoms with Crippen LogP contribution in [0.5, 0.6) is 0 Å². The second-order valence-corrected chi connectivity index (χ2v) is 7.23. The normalized spacial score (nSPS) is 10.5. The minimum atomic E-state index is 0.573. The van der Waals surface area contributed by atoms with Crippen LogP contribution in [0.4, 0.5) is 5.69 Å². The topological polar surface area (TPSA) is 33.3 Å². The molecule has 0 radical (unpaired) electrons. The smallest absolute Gasteiger partial charge is 0.171 e. The Labute approximate surface area is 172 Å². The minimum absolute atomic E-state index is 0.573. The zero-order chi connectivity index (χ0) is 19.8. The Morgan fingerprint density at radius 3 is 2.14 bits per heavy atom. The first-order chi connectivity index (χ1) is 13.6. The van der Waals surface area contributed by atoms with Crippen molar-refractivity contribution in [3.8, 4) is 0 Å². The highest BCUT2D eigenvalue weighted by atomic mass is 32.1. The summed E-state index contributed by atoms with van der Waals surface area (Å²) in [5, 5.41) is 7.26. The summed E-state index contributed by atoms with van der Waals surface area (Å²) in [5.41, 5.74) is 6.95. The van der Waals surface area contributed by atoms with E-state index in [4.69, 9.17) is 17.0 Å². The fourth-order valence-electron chi connectivity index (χ4n) is 3.07. The van der Waals surface area contributed by atoms with Crippen LogP contribution < -0.4 is 10.6 Å². The van der Waals surface area contributed by atoms with Crippen molar-refractivity contribution < 1.29 is 4.74 Å². The summed E-state index contributed by atoms with van der Waals surface area (Å²) in [6, 6.07) is 24.7. The number of para-hydroxylation sites is 1. The van der Waals surface area contributed by atoms with E-state index in [1.54, 1.807) is 0 Å². The van der Waals surface area contributed by atoms with E-state index < -0.39 is 0 Å². The number of thiocarbonyl (C=S) groups is 1. The molecule has 0 unspecified atom stereocenters. The van der Waals surface area contributed by atoms with Crippen LogP contribution in [0.1, 0.15) is 27.8 Å². The number of rotatable bonds is 7. The van der Waals surface area contributed by atoms with Gasteiger partial charge in [0, 0.05) is 12.2 Å². The van der Waals surface area contributed by atoms with Crippen molar-refractivity contribution in [2.45, 2.75) is 33.6 Å². The lowest BCUT2D eigenvalue weighted by molar-refractivity contribution is 0.106. The van der Waals surface area contributed by atoms with Crippen LogP contribution in [-0.4, -0.2) is 5.11 Å². The fraction of sp³-hybridized carbons (Fsp3) is 0.208. The minimum Gasteiger partial charge on any atom is -0.372 e. The lowest BCUT2D eigenvalue weighted by Gasteiger charge is -2.16. The molecule has 4 heteroatoms. The van der Waals surface area contributed by atoms with Gasteiger partial charge in [-0.05, 0) is 53.9 Å². The molecule has 0 heterocycles. The zero-order valence-electron chi connectivity index (χ0n) is 16.4. The molecule has 0 fully saturated rings. The molecule has 0 bridgehead atoms. The zero-order valence-corrected chi connectivity index (χ0v) is 17.2. The molecule has 0 aliphatic rings. The van der Waals surface area contributed by atoms with Gasteiger partial charge in [-0.1, -0.05) is 72.8 Å². The molecule has 0 aromatic heterocycles. The lowest BCUT2D eigenvalue weighted by Crippen LogP contribution is -2.29. The van der Waals surface area contributed by atoms with Gasteiger partial charge < -0.3 is 15.4 Å². The number of hydrogen-bond acceptors (Lipinski definition) is 2. The highest BCUT2D eigenvalue weighted by Gasteiger charge is 2.06. The van der Waals surface area contributed by atoms with Gasteiger partial charge >= 0.3 is 0 Å². The van der Waals surface area contributed by atoms with Crippen LogP contribution in [0.2, 0.25) is 0 Å². The largest absolute Gasteiger partial charge is 0.372 e. The first-order valence-electron chi connectivity index (χ1n) is 9.43. The average Bonchev–Trinajstić information content (AvgIpc) is 2.71. The van der Waals surface area contributed by atoms with Crippen molar-refractivity contribution in [3.63, 3.8) is 0 Å². The molecule has 28 heavy (non-hydrogen) atoms. The van der Waals surface area contributed by atoms with Gasteiger partial charge in [0.05, 0.1) is 13.2 Å². The molecular formula is C24H26N2OS. The van der Waals surface area contributed by atoms with Gasteiger partial charge in [0.15, 0.2) is 5.11 Å². The molecule has 0 spiro atoms. The van der Waals surface area contributed by atoms with Crippen LogP contribution in [0, 0.1) is 13.8 Å². The molecule has 0 aliphatic carbocycles. The fourth-order valence-corrected chi connectivity index (χ4v) is 3.24. The molecule has 0 amide bonds. The molecule has 0 saturated heterocycles. The summed E-state index contributed by atoms with van der Waals surface area (Å²) < 4.78 is 5.90. The van der Waals surface area contributed by atoms with Crippen molar-refractivity contribution in [3.05, 3.63) is 101 Å². The summed E-state index contributed by atoms with van der Waals surface area (Å²) >= 11 is 5.50. The Morgan fingerprint density at radius 2 is 1.43 bits per heavy atom. The second kappa shape index (κ2) is 10.0. The van der Waals surface area contributed by atoms with Crippen LogP contribution in [0.25, 0.3) is 0 Å². The first kappa shape index (κ1) is 20.1. The van der Waals surface area contributed by atoms with E-state index in [2.05, 4.69) is 66.9 Å². The lowest BCUT2D eigenvalue weighted by atomic mass is 10.1.